The maximum absolute atomic E-state index is 13.7. The van der Waals surface area contributed by atoms with Crippen LogP contribution in [0.2, 0.25) is 0 Å². The highest BCUT2D eigenvalue weighted by Crippen LogP contribution is 2.30. The van der Waals surface area contributed by atoms with Crippen LogP contribution in [0.4, 0.5) is 4.39 Å². The Morgan fingerprint density at radius 3 is 2.96 bits per heavy atom. The lowest BCUT2D eigenvalue weighted by Crippen LogP contribution is -2.33. The first-order chi connectivity index (χ1) is 11.6. The zero-order valence-electron chi connectivity index (χ0n) is 13.2. The van der Waals surface area contributed by atoms with Crippen molar-refractivity contribution in [2.24, 2.45) is 0 Å². The van der Waals surface area contributed by atoms with E-state index in [2.05, 4.69) is 39.4 Å². The predicted octanol–water partition coefficient (Wildman–Crippen LogP) is 4.20. The molecule has 0 spiro atoms. The Kier molecular flexibility index (Phi) is 5.51. The van der Waals surface area contributed by atoms with Crippen LogP contribution in [0.5, 0.6) is 5.75 Å². The van der Waals surface area contributed by atoms with E-state index in [1.165, 1.54) is 23.3 Å². The summed E-state index contributed by atoms with van der Waals surface area (Å²) >= 11 is 3.18. The SMILES string of the molecule is O=C(COc1ccc(Br)cc1F)NCC1CCCc2ccccc21. The summed E-state index contributed by atoms with van der Waals surface area (Å²) < 4.78 is 19.5. The van der Waals surface area contributed by atoms with Crippen LogP contribution in [-0.4, -0.2) is 19.1 Å². The van der Waals surface area contributed by atoms with Gasteiger partial charge < -0.3 is 10.1 Å². The van der Waals surface area contributed by atoms with Gasteiger partial charge in [-0.2, -0.15) is 0 Å². The average Bonchev–Trinajstić information content (AvgIpc) is 2.59. The lowest BCUT2D eigenvalue weighted by Gasteiger charge is -2.25. The van der Waals surface area contributed by atoms with E-state index in [1.807, 2.05) is 6.07 Å². The first-order valence-corrected chi connectivity index (χ1v) is 8.85. The van der Waals surface area contributed by atoms with Gasteiger partial charge in [-0.05, 0) is 48.6 Å². The van der Waals surface area contributed by atoms with Crippen LogP contribution in [0.1, 0.15) is 29.9 Å². The second-order valence-electron chi connectivity index (χ2n) is 5.96. The lowest BCUT2D eigenvalue weighted by atomic mass is 9.83. The molecule has 0 saturated carbocycles. The van der Waals surface area contributed by atoms with Crippen molar-refractivity contribution in [2.75, 3.05) is 13.2 Å². The number of hydrogen-bond donors (Lipinski definition) is 1. The Morgan fingerprint density at radius 1 is 1.29 bits per heavy atom. The molecule has 2 aromatic carbocycles. The molecule has 0 aliphatic heterocycles. The second kappa shape index (κ2) is 7.79. The highest BCUT2D eigenvalue weighted by Gasteiger charge is 2.20. The topological polar surface area (TPSA) is 38.3 Å². The molecule has 24 heavy (non-hydrogen) atoms. The Bertz CT molecular complexity index is 735. The van der Waals surface area contributed by atoms with Crippen LogP contribution in [0, 0.1) is 5.82 Å². The minimum atomic E-state index is -0.488. The van der Waals surface area contributed by atoms with Gasteiger partial charge in [0.2, 0.25) is 0 Å². The monoisotopic (exact) mass is 391 g/mol. The number of ether oxygens (including phenoxy) is 1. The van der Waals surface area contributed by atoms with E-state index in [0.29, 0.717) is 16.9 Å². The van der Waals surface area contributed by atoms with Crippen molar-refractivity contribution in [1.82, 2.24) is 5.32 Å². The molecule has 1 aliphatic rings. The molecule has 3 rings (SSSR count). The van der Waals surface area contributed by atoms with Gasteiger partial charge in [-0.3, -0.25) is 4.79 Å². The minimum Gasteiger partial charge on any atom is -0.481 e. The normalized spacial score (nSPS) is 16.3. The highest BCUT2D eigenvalue weighted by molar-refractivity contribution is 9.10. The summed E-state index contributed by atoms with van der Waals surface area (Å²) in [5, 5.41) is 2.90. The van der Waals surface area contributed by atoms with E-state index >= 15 is 0 Å². The van der Waals surface area contributed by atoms with Gasteiger partial charge >= 0.3 is 0 Å². The molecule has 0 fully saturated rings. The Labute approximate surface area is 149 Å². The van der Waals surface area contributed by atoms with Crippen molar-refractivity contribution < 1.29 is 13.9 Å². The van der Waals surface area contributed by atoms with Crippen molar-refractivity contribution >= 4 is 21.8 Å². The summed E-state index contributed by atoms with van der Waals surface area (Å²) in [6.45, 7) is 0.398. The Balaban J connectivity index is 1.51. The van der Waals surface area contributed by atoms with E-state index in [4.69, 9.17) is 4.74 Å². The summed E-state index contributed by atoms with van der Waals surface area (Å²) in [5.41, 5.74) is 2.69. The van der Waals surface area contributed by atoms with Crippen molar-refractivity contribution in [3.05, 3.63) is 63.9 Å². The largest absolute Gasteiger partial charge is 0.481 e. The molecule has 1 N–H and O–H groups in total. The van der Waals surface area contributed by atoms with Crippen LogP contribution < -0.4 is 10.1 Å². The Hall–Kier alpha value is -1.88. The average molecular weight is 392 g/mol. The molecule has 126 valence electrons. The molecule has 3 nitrogen and oxygen atoms in total. The molecule has 0 heterocycles. The highest BCUT2D eigenvalue weighted by atomic mass is 79.9. The zero-order valence-corrected chi connectivity index (χ0v) is 14.8. The third-order valence-corrected chi connectivity index (χ3v) is 4.79. The first kappa shape index (κ1) is 17.0. The number of rotatable bonds is 5. The quantitative estimate of drug-likeness (QED) is 0.828. The van der Waals surface area contributed by atoms with Gasteiger partial charge in [0, 0.05) is 16.9 Å². The van der Waals surface area contributed by atoms with Gasteiger partial charge in [-0.1, -0.05) is 40.2 Å². The minimum absolute atomic E-state index is 0.0800. The van der Waals surface area contributed by atoms with Gasteiger partial charge in [0.1, 0.15) is 0 Å². The third kappa shape index (κ3) is 4.15. The zero-order chi connectivity index (χ0) is 16.9. The maximum Gasteiger partial charge on any atom is 0.257 e. The number of aryl methyl sites for hydroxylation is 1. The van der Waals surface area contributed by atoms with Crippen molar-refractivity contribution in [2.45, 2.75) is 25.2 Å². The standard InChI is InChI=1S/C19H19BrFNO2/c20-15-8-9-18(17(21)10-15)24-12-19(23)22-11-14-6-3-5-13-4-1-2-7-16(13)14/h1-2,4,7-10,14H,3,5-6,11-12H2,(H,22,23). The number of halogens is 2. The maximum atomic E-state index is 13.7. The van der Waals surface area contributed by atoms with E-state index in [9.17, 15) is 9.18 Å². The molecule has 2 aromatic rings. The number of benzene rings is 2. The second-order valence-corrected chi connectivity index (χ2v) is 6.87. The van der Waals surface area contributed by atoms with Gasteiger partial charge in [0.25, 0.3) is 5.91 Å². The van der Waals surface area contributed by atoms with Gasteiger partial charge in [-0.15, -0.1) is 0 Å². The molecule has 1 unspecified atom stereocenters. The number of amides is 1. The summed E-state index contributed by atoms with van der Waals surface area (Å²) in [7, 11) is 0. The molecule has 0 bridgehead atoms. The van der Waals surface area contributed by atoms with Gasteiger partial charge in [0.15, 0.2) is 18.2 Å². The lowest BCUT2D eigenvalue weighted by molar-refractivity contribution is -0.123. The third-order valence-electron chi connectivity index (χ3n) is 4.29. The van der Waals surface area contributed by atoms with E-state index in [0.717, 1.165) is 19.3 Å². The number of carbonyl (C=O) groups excluding carboxylic acids is 1. The summed E-state index contributed by atoms with van der Waals surface area (Å²) in [6.07, 6.45) is 3.31. The van der Waals surface area contributed by atoms with Crippen LogP contribution in [0.15, 0.2) is 46.9 Å². The summed E-state index contributed by atoms with van der Waals surface area (Å²) in [5.74, 6) is -0.307. The molecule has 0 aromatic heterocycles. The molecule has 1 amide bonds. The van der Waals surface area contributed by atoms with Crippen molar-refractivity contribution in [3.8, 4) is 5.75 Å². The first-order valence-electron chi connectivity index (χ1n) is 8.06. The van der Waals surface area contributed by atoms with Gasteiger partial charge in [-0.25, -0.2) is 4.39 Å². The Morgan fingerprint density at radius 2 is 2.12 bits per heavy atom. The van der Waals surface area contributed by atoms with E-state index in [-0.39, 0.29) is 18.3 Å². The fourth-order valence-electron chi connectivity index (χ4n) is 3.09. The van der Waals surface area contributed by atoms with Crippen molar-refractivity contribution in [3.63, 3.8) is 0 Å². The fourth-order valence-corrected chi connectivity index (χ4v) is 3.42. The van der Waals surface area contributed by atoms with Crippen LogP contribution in [0.25, 0.3) is 0 Å². The number of nitrogens with one attached hydrogen (secondary N) is 1. The molecule has 0 saturated heterocycles. The fraction of sp³-hybridized carbons (Fsp3) is 0.316. The van der Waals surface area contributed by atoms with Crippen LogP contribution >= 0.6 is 15.9 Å². The molecule has 1 aliphatic carbocycles. The molecular formula is C19H19BrFNO2. The number of hydrogen-bond acceptors (Lipinski definition) is 2. The van der Waals surface area contributed by atoms with E-state index in [1.54, 1.807) is 6.07 Å². The molecule has 5 heteroatoms. The molecule has 0 radical (unpaired) electrons. The number of fused-ring (bicyclic) bond motifs is 1. The smallest absolute Gasteiger partial charge is 0.257 e. The molecular weight excluding hydrogens is 373 g/mol. The molecule has 1 atom stereocenters. The summed E-state index contributed by atoms with van der Waals surface area (Å²) in [6, 6.07) is 12.9. The van der Waals surface area contributed by atoms with Crippen LogP contribution in [0.3, 0.4) is 0 Å². The predicted molar refractivity (Wildman–Crippen MR) is 94.7 cm³/mol. The number of carbonyl (C=O) groups is 1. The summed E-state index contributed by atoms with van der Waals surface area (Å²) in [4.78, 5) is 12.0. The van der Waals surface area contributed by atoms with Gasteiger partial charge in [0.05, 0.1) is 0 Å². The van der Waals surface area contributed by atoms with Crippen LogP contribution in [-0.2, 0) is 11.2 Å². The van der Waals surface area contributed by atoms with Crippen molar-refractivity contribution in [1.29, 1.82) is 0 Å². The van der Waals surface area contributed by atoms with E-state index < -0.39 is 5.82 Å².